The van der Waals surface area contributed by atoms with Crippen molar-refractivity contribution in [2.75, 3.05) is 0 Å². The molecule has 0 saturated carbocycles. The number of halogens is 6. The first-order valence-electron chi connectivity index (χ1n) is 0.857. The van der Waals surface area contributed by atoms with Crippen molar-refractivity contribution >= 4 is 117 Å². The molecule has 0 aromatic heterocycles. The molecule has 0 bridgehead atoms. The quantitative estimate of drug-likeness (QED) is 0.259. The Labute approximate surface area is 153 Å². The molecule has 0 aromatic carbocycles. The number of hydrogen-bond donors (Lipinski definition) is 0. The van der Waals surface area contributed by atoms with E-state index in [2.05, 4.69) is 117 Å². The molecule has 0 radical (unpaired) electrons. The third-order valence-electron chi connectivity index (χ3n) is 0. The van der Waals surface area contributed by atoms with Crippen molar-refractivity contribution in [1.29, 1.82) is 0 Å². The van der Waals surface area contributed by atoms with Gasteiger partial charge in [-0.05, 0) is 0 Å². The Bertz CT molecular complexity index is 67.1. The topological polar surface area (TPSA) is 0 Å². The molecule has 0 N–H and O–H groups in total. The zero-order valence-corrected chi connectivity index (χ0v) is 22.4. The van der Waals surface area contributed by atoms with Gasteiger partial charge in [-0.3, -0.25) is 0 Å². The summed E-state index contributed by atoms with van der Waals surface area (Å²) in [7, 11) is 0. The van der Waals surface area contributed by atoms with E-state index < -0.39 is -8.59 Å². The van der Waals surface area contributed by atoms with Crippen LogP contribution in [0.25, 0.3) is 0 Å². The molecule has 0 spiro atoms. The Kier molecular flexibility index (Phi) is 9.99. The Morgan fingerprint density at radius 1 is 0.625 bits per heavy atom. The molecule has 0 saturated heterocycles. The van der Waals surface area contributed by atoms with Crippen LogP contribution in [0.4, 0.5) is 0 Å². The van der Waals surface area contributed by atoms with Crippen LogP contribution in [-0.2, 0) is -8.59 Å². The van der Waals surface area contributed by atoms with Crippen LogP contribution in [-0.4, -0.2) is 0 Å². The first kappa shape index (κ1) is 17.1. The summed E-state index contributed by atoms with van der Waals surface area (Å²) >= 11 is 15.5. The predicted octanol–water partition coefficient (Wildman–Crippen LogP) is 2.32. The average molecular weight is 987 g/mol. The van der Waals surface area contributed by atoms with Gasteiger partial charge in [-0.15, -0.1) is 0 Å². The van der Waals surface area contributed by atoms with Crippen LogP contribution in [0.15, 0.2) is 0 Å². The molecular formula is I6KRe. The zero-order valence-electron chi connectivity index (χ0n) is 3.65. The maximum atomic E-state index is 2.58. The second-order valence-electron chi connectivity index (χ2n) is 0.810. The van der Waals surface area contributed by atoms with E-state index in [9.17, 15) is 0 Å². The molecular weight excluding hydrogens is 987 g/mol. The van der Waals surface area contributed by atoms with Gasteiger partial charge in [0.1, 0.15) is 0 Å². The summed E-state index contributed by atoms with van der Waals surface area (Å²) in [5.41, 5.74) is 0. The van der Waals surface area contributed by atoms with Crippen molar-refractivity contribution < 1.29 is 42.8 Å². The maximum Gasteiger partial charge on any atom is 1.00 e. The van der Waals surface area contributed by atoms with E-state index in [0.717, 1.165) is 0 Å². The summed E-state index contributed by atoms with van der Waals surface area (Å²) in [6.45, 7) is 0. The molecule has 0 unspecified atom stereocenters. The van der Waals surface area contributed by atoms with E-state index >= 15 is 0 Å². The average Bonchev–Trinajstić information content (AvgIpc) is 0.592. The Morgan fingerprint density at radius 2 is 0.625 bits per heavy atom. The molecule has 0 atom stereocenters. The van der Waals surface area contributed by atoms with Crippen LogP contribution in [0.1, 0.15) is 0 Å². The predicted molar refractivity (Wildman–Crippen MR) is 84.1 cm³/mol. The van der Waals surface area contributed by atoms with Crippen molar-refractivity contribution in [3.8, 4) is 0 Å². The number of rotatable bonds is 0. The third kappa shape index (κ3) is 38.8. The van der Waals surface area contributed by atoms with Crippen molar-refractivity contribution in [2.45, 2.75) is 0 Å². The summed E-state index contributed by atoms with van der Waals surface area (Å²) in [5, 5.41) is 0. The van der Waals surface area contributed by atoms with Gasteiger partial charge in [0, 0.05) is 0 Å². The third-order valence-corrected chi connectivity index (χ3v) is 0. The van der Waals surface area contributed by atoms with Gasteiger partial charge >= 0.3 is 160 Å². The minimum absolute atomic E-state index is 0. The number of hydrogen-bond acceptors (Lipinski definition) is 0. The van der Waals surface area contributed by atoms with E-state index in [1.807, 2.05) is 0 Å². The second-order valence-corrected chi connectivity index (χ2v) is 298. The molecule has 0 amide bonds. The molecule has 0 aliphatic rings. The van der Waals surface area contributed by atoms with Crippen LogP contribution in [0.5, 0.6) is 0 Å². The van der Waals surface area contributed by atoms with Gasteiger partial charge < -0.3 is 0 Å². The Balaban J connectivity index is 0. The van der Waals surface area contributed by atoms with Crippen LogP contribution in [0, 0.1) is 0 Å². The van der Waals surface area contributed by atoms with Gasteiger partial charge in [0.25, 0.3) is 0 Å². The van der Waals surface area contributed by atoms with Crippen molar-refractivity contribution in [3.63, 3.8) is 0 Å². The van der Waals surface area contributed by atoms with E-state index in [-0.39, 0.29) is 51.4 Å². The molecule has 0 fully saturated rings. The maximum absolute atomic E-state index is 2.58. The summed E-state index contributed by atoms with van der Waals surface area (Å²) < 4.78 is -2.44. The van der Waals surface area contributed by atoms with E-state index in [1.165, 1.54) is 0 Å². The fourth-order valence-electron chi connectivity index (χ4n) is 0. The molecule has 8 heavy (non-hydrogen) atoms. The molecule has 0 nitrogen and oxygen atoms in total. The molecule has 0 aromatic rings. The minimum atomic E-state index is -2.44. The fourth-order valence-corrected chi connectivity index (χ4v) is 0. The molecule has 50 valence electrons. The zero-order chi connectivity index (χ0) is 6.41. The first-order chi connectivity index (χ1) is 2.45. The largest absolute Gasteiger partial charge is 1.00 e. The van der Waals surface area contributed by atoms with Gasteiger partial charge in [0.15, 0.2) is 0 Å². The van der Waals surface area contributed by atoms with Gasteiger partial charge in [-0.2, -0.15) is 0 Å². The second kappa shape index (κ2) is 4.68. The molecule has 8 heteroatoms. The first-order valence-corrected chi connectivity index (χ1v) is 47.1. The Morgan fingerprint density at radius 3 is 0.625 bits per heavy atom. The minimum Gasteiger partial charge on any atom is 1.00 e. The van der Waals surface area contributed by atoms with Crippen molar-refractivity contribution in [3.05, 3.63) is 0 Å². The van der Waals surface area contributed by atoms with Gasteiger partial charge in [-0.1, -0.05) is 0 Å². The molecule has 0 heterocycles. The normalized spacial score (nSPS) is 20.2. The van der Waals surface area contributed by atoms with Crippen LogP contribution >= 0.6 is 117 Å². The Hall–Kier alpha value is 6.68. The van der Waals surface area contributed by atoms with Crippen LogP contribution < -0.4 is 51.4 Å². The van der Waals surface area contributed by atoms with Gasteiger partial charge in [-0.25, -0.2) is 0 Å². The van der Waals surface area contributed by atoms with E-state index in [4.69, 9.17) is 0 Å². The summed E-state index contributed by atoms with van der Waals surface area (Å²) in [5.74, 6) is 0. The van der Waals surface area contributed by atoms with Crippen molar-refractivity contribution in [2.24, 2.45) is 0 Å². The summed E-state index contributed by atoms with van der Waals surface area (Å²) in [6, 6.07) is 0. The standard InChI is InChI=1S/6HI.K.Re/h6*1H;;/q;;;;;;+1;+5/p-6. The molecule has 0 rings (SSSR count). The van der Waals surface area contributed by atoms with E-state index in [0.29, 0.717) is 0 Å². The smallest absolute Gasteiger partial charge is 1.00 e. The van der Waals surface area contributed by atoms with Gasteiger partial charge in [0.05, 0.1) is 0 Å². The van der Waals surface area contributed by atoms with Crippen molar-refractivity contribution in [1.82, 2.24) is 0 Å². The fraction of sp³-hybridized carbons (Fsp3) is 0. The molecule has 0 aliphatic carbocycles. The summed E-state index contributed by atoms with van der Waals surface area (Å²) in [6.07, 6.45) is 0. The van der Waals surface area contributed by atoms with Crippen LogP contribution in [0.2, 0.25) is 0 Å². The SMILES string of the molecule is [I][Re-]([I])([I])([I])([I])[I].[K+]. The van der Waals surface area contributed by atoms with Gasteiger partial charge in [0.2, 0.25) is 0 Å². The van der Waals surface area contributed by atoms with E-state index in [1.54, 1.807) is 0 Å². The summed E-state index contributed by atoms with van der Waals surface area (Å²) in [4.78, 5) is 0. The molecule has 0 aliphatic heterocycles. The van der Waals surface area contributed by atoms with Crippen LogP contribution in [0.3, 0.4) is 0 Å². The monoisotopic (exact) mass is 987 g/mol.